The van der Waals surface area contributed by atoms with Crippen molar-refractivity contribution < 1.29 is 9.59 Å². The Hall–Kier alpha value is -2.93. The van der Waals surface area contributed by atoms with E-state index in [1.807, 2.05) is 0 Å². The SMILES string of the molecule is Cc1ccccc1CN1C[C@H]2CC[C@@H](C1)C2NC(=O)c1cnc2c(c1)N(C)C(=O)CN2. The van der Waals surface area contributed by atoms with Gasteiger partial charge in [0.2, 0.25) is 5.91 Å². The van der Waals surface area contributed by atoms with Crippen molar-refractivity contribution in [2.75, 3.05) is 36.9 Å². The van der Waals surface area contributed by atoms with E-state index in [-0.39, 0.29) is 24.4 Å². The van der Waals surface area contributed by atoms with Crippen molar-refractivity contribution >= 4 is 23.3 Å². The summed E-state index contributed by atoms with van der Waals surface area (Å²) < 4.78 is 0. The van der Waals surface area contributed by atoms with Gasteiger partial charge in [-0.1, -0.05) is 24.3 Å². The van der Waals surface area contributed by atoms with Crippen LogP contribution >= 0.6 is 0 Å². The molecule has 3 atom stereocenters. The van der Waals surface area contributed by atoms with Gasteiger partial charge in [-0.15, -0.1) is 0 Å². The minimum atomic E-state index is -0.101. The van der Waals surface area contributed by atoms with E-state index in [9.17, 15) is 9.59 Å². The number of benzene rings is 1. The molecule has 2 aliphatic heterocycles. The quantitative estimate of drug-likeness (QED) is 0.796. The number of hydrogen-bond acceptors (Lipinski definition) is 5. The summed E-state index contributed by atoms with van der Waals surface area (Å²) in [7, 11) is 1.72. The molecule has 2 amide bonds. The molecule has 3 aliphatic rings. The second kappa shape index (κ2) is 7.96. The molecule has 3 heterocycles. The summed E-state index contributed by atoms with van der Waals surface area (Å²) in [6.07, 6.45) is 3.91. The van der Waals surface area contributed by atoms with E-state index in [0.717, 1.165) is 32.5 Å². The Labute approximate surface area is 182 Å². The van der Waals surface area contributed by atoms with Gasteiger partial charge in [-0.05, 0) is 48.8 Å². The standard InChI is InChI=1S/C24H29N5O2/c1-15-5-3-4-6-16(15)12-29-13-17-7-8-18(14-29)22(17)27-24(31)19-9-20-23(25-10-19)26-11-21(30)28(20)2/h3-6,9-10,17-18,22H,7-8,11-14H2,1-2H3,(H,25,26)(H,27,31)/t17-,18+,22?. The molecule has 0 spiro atoms. The number of fused-ring (bicyclic) bond motifs is 3. The smallest absolute Gasteiger partial charge is 0.253 e. The molecular weight excluding hydrogens is 390 g/mol. The maximum Gasteiger partial charge on any atom is 0.253 e. The number of amides is 2. The molecule has 0 radical (unpaired) electrons. The molecule has 2 bridgehead atoms. The summed E-state index contributed by atoms with van der Waals surface area (Å²) in [5.74, 6) is 1.46. The molecule has 1 unspecified atom stereocenters. The van der Waals surface area contributed by atoms with Crippen molar-refractivity contribution in [2.24, 2.45) is 11.8 Å². The van der Waals surface area contributed by atoms with E-state index in [2.05, 4.69) is 51.7 Å². The Morgan fingerprint density at radius 2 is 1.97 bits per heavy atom. The summed E-state index contributed by atoms with van der Waals surface area (Å²) in [5.41, 5.74) is 3.88. The number of nitrogens with one attached hydrogen (secondary N) is 2. The zero-order valence-corrected chi connectivity index (χ0v) is 18.1. The molecule has 2 aromatic rings. The summed E-state index contributed by atoms with van der Waals surface area (Å²) in [4.78, 5) is 33.5. The molecule has 2 N–H and O–H groups in total. The van der Waals surface area contributed by atoms with Gasteiger partial charge in [0.1, 0.15) is 5.82 Å². The third-order valence-electron chi connectivity index (χ3n) is 7.13. The van der Waals surface area contributed by atoms with Crippen LogP contribution in [0.2, 0.25) is 0 Å². The maximum absolute atomic E-state index is 13.0. The number of carbonyl (C=O) groups is 2. The van der Waals surface area contributed by atoms with Gasteiger partial charge in [-0.25, -0.2) is 4.98 Å². The van der Waals surface area contributed by atoms with E-state index < -0.39 is 0 Å². The monoisotopic (exact) mass is 419 g/mol. The van der Waals surface area contributed by atoms with Crippen LogP contribution < -0.4 is 15.5 Å². The van der Waals surface area contributed by atoms with Crippen LogP contribution in [0.3, 0.4) is 0 Å². The Balaban J connectivity index is 1.26. The van der Waals surface area contributed by atoms with Gasteiger partial charge < -0.3 is 15.5 Å². The van der Waals surface area contributed by atoms with Gasteiger partial charge in [0.15, 0.2) is 0 Å². The normalized spacial score (nSPS) is 25.2. The number of aromatic nitrogens is 1. The van der Waals surface area contributed by atoms with E-state index in [4.69, 9.17) is 0 Å². The highest BCUT2D eigenvalue weighted by Gasteiger charge is 2.42. The van der Waals surface area contributed by atoms with Gasteiger partial charge in [0.25, 0.3) is 5.91 Å². The summed E-state index contributed by atoms with van der Waals surface area (Å²) in [6.45, 7) is 5.40. The van der Waals surface area contributed by atoms with Crippen molar-refractivity contribution in [2.45, 2.75) is 32.4 Å². The Morgan fingerprint density at radius 1 is 1.23 bits per heavy atom. The van der Waals surface area contributed by atoms with Crippen LogP contribution in [-0.2, 0) is 11.3 Å². The summed E-state index contributed by atoms with van der Waals surface area (Å²) >= 11 is 0. The molecule has 1 saturated heterocycles. The average Bonchev–Trinajstić information content (AvgIpc) is 3.00. The number of anilines is 2. The fraction of sp³-hybridized carbons (Fsp3) is 0.458. The number of piperidine rings is 1. The largest absolute Gasteiger partial charge is 0.359 e. The van der Waals surface area contributed by atoms with Crippen LogP contribution in [0, 0.1) is 18.8 Å². The highest BCUT2D eigenvalue weighted by molar-refractivity contribution is 6.03. The highest BCUT2D eigenvalue weighted by atomic mass is 16.2. The second-order valence-electron chi connectivity index (χ2n) is 9.12. The van der Waals surface area contributed by atoms with Gasteiger partial charge in [0.05, 0.1) is 17.8 Å². The van der Waals surface area contributed by atoms with E-state index in [1.165, 1.54) is 11.1 Å². The molecule has 1 aromatic carbocycles. The van der Waals surface area contributed by atoms with Crippen molar-refractivity contribution in [3.05, 3.63) is 53.2 Å². The molecule has 31 heavy (non-hydrogen) atoms. The van der Waals surface area contributed by atoms with Gasteiger partial charge >= 0.3 is 0 Å². The maximum atomic E-state index is 13.0. The molecule has 5 rings (SSSR count). The van der Waals surface area contributed by atoms with Gasteiger partial charge in [-0.3, -0.25) is 14.5 Å². The predicted octanol–water partition coefficient (Wildman–Crippen LogP) is 2.42. The lowest BCUT2D eigenvalue weighted by Gasteiger charge is -2.38. The van der Waals surface area contributed by atoms with Gasteiger partial charge in [-0.2, -0.15) is 0 Å². The minimum absolute atomic E-state index is 0.0362. The molecule has 7 heteroatoms. The fourth-order valence-electron chi connectivity index (χ4n) is 5.33. The van der Waals surface area contributed by atoms with Crippen LogP contribution in [0.5, 0.6) is 0 Å². The van der Waals surface area contributed by atoms with Crippen LogP contribution in [0.25, 0.3) is 0 Å². The van der Waals surface area contributed by atoms with Crippen molar-refractivity contribution in [3.63, 3.8) is 0 Å². The third-order valence-corrected chi connectivity index (χ3v) is 7.13. The minimum Gasteiger partial charge on any atom is -0.359 e. The zero-order valence-electron chi connectivity index (χ0n) is 18.1. The lowest BCUT2D eigenvalue weighted by atomic mass is 9.91. The Kier molecular flexibility index (Phi) is 5.14. The van der Waals surface area contributed by atoms with E-state index in [1.54, 1.807) is 24.2 Å². The lowest BCUT2D eigenvalue weighted by Crippen LogP contribution is -2.52. The predicted molar refractivity (Wildman–Crippen MR) is 120 cm³/mol. The molecule has 7 nitrogen and oxygen atoms in total. The topological polar surface area (TPSA) is 77.6 Å². The van der Waals surface area contributed by atoms with Gasteiger partial charge in [0, 0.05) is 38.9 Å². The highest BCUT2D eigenvalue weighted by Crippen LogP contribution is 2.38. The third kappa shape index (κ3) is 3.78. The van der Waals surface area contributed by atoms with E-state index >= 15 is 0 Å². The number of aryl methyl sites for hydroxylation is 1. The summed E-state index contributed by atoms with van der Waals surface area (Å²) in [6, 6.07) is 10.5. The van der Waals surface area contributed by atoms with Crippen molar-refractivity contribution in [3.8, 4) is 0 Å². The zero-order chi connectivity index (χ0) is 21.5. The first-order valence-electron chi connectivity index (χ1n) is 11.1. The molecule has 1 saturated carbocycles. The number of hydrogen-bond donors (Lipinski definition) is 2. The number of pyridine rings is 1. The second-order valence-corrected chi connectivity index (χ2v) is 9.12. The number of nitrogens with zero attached hydrogens (tertiary/aromatic N) is 3. The average molecular weight is 420 g/mol. The Morgan fingerprint density at radius 3 is 2.71 bits per heavy atom. The van der Waals surface area contributed by atoms with Crippen LogP contribution in [0.15, 0.2) is 36.5 Å². The van der Waals surface area contributed by atoms with Crippen LogP contribution in [-0.4, -0.2) is 54.4 Å². The number of rotatable bonds is 4. The molecule has 2 fully saturated rings. The van der Waals surface area contributed by atoms with Crippen molar-refractivity contribution in [1.29, 1.82) is 0 Å². The molecular formula is C24H29N5O2. The first kappa shape index (κ1) is 20.0. The number of carbonyl (C=O) groups excluding carboxylic acids is 2. The summed E-state index contributed by atoms with van der Waals surface area (Å²) in [5, 5.41) is 6.30. The van der Waals surface area contributed by atoms with E-state index in [0.29, 0.717) is 28.9 Å². The first-order valence-corrected chi connectivity index (χ1v) is 11.1. The van der Waals surface area contributed by atoms with Crippen molar-refractivity contribution in [1.82, 2.24) is 15.2 Å². The number of likely N-dealkylation sites (tertiary alicyclic amines) is 1. The number of likely N-dealkylation sites (N-methyl/N-ethyl adjacent to an activating group) is 1. The molecule has 162 valence electrons. The van der Waals surface area contributed by atoms with Crippen LogP contribution in [0.4, 0.5) is 11.5 Å². The van der Waals surface area contributed by atoms with Crippen LogP contribution in [0.1, 0.15) is 34.3 Å². The Bertz CT molecular complexity index is 1010. The fourth-order valence-corrected chi connectivity index (χ4v) is 5.33. The first-order chi connectivity index (χ1) is 15.0. The molecule has 1 aliphatic carbocycles. The molecule has 1 aromatic heterocycles. The lowest BCUT2D eigenvalue weighted by molar-refractivity contribution is -0.116.